The fraction of sp³-hybridized carbons (Fsp3) is 0.188. The van der Waals surface area contributed by atoms with E-state index in [0.717, 1.165) is 0 Å². The number of phenols is 1. The minimum absolute atomic E-state index is 0.222. The summed E-state index contributed by atoms with van der Waals surface area (Å²) in [6.07, 6.45) is 0. The molecule has 0 fully saturated rings. The van der Waals surface area contributed by atoms with E-state index in [9.17, 15) is 9.90 Å². The largest absolute Gasteiger partial charge is 0.507 e. The lowest BCUT2D eigenvalue weighted by Crippen LogP contribution is -2.28. The molecule has 1 atom stereocenters. The number of halogens is 1. The Balaban J connectivity index is 2.41. The molecule has 1 unspecified atom stereocenters. The molecule has 4 N–H and O–H groups in total. The van der Waals surface area contributed by atoms with E-state index in [-0.39, 0.29) is 5.75 Å². The normalized spacial score (nSPS) is 12.0. The fourth-order valence-electron chi connectivity index (χ4n) is 2.21. The number of aromatic hydroxyl groups is 1. The summed E-state index contributed by atoms with van der Waals surface area (Å²) in [4.78, 5) is 11.8. The number of para-hydroxylation sites is 1. The van der Waals surface area contributed by atoms with Crippen LogP contribution < -0.4 is 11.1 Å². The van der Waals surface area contributed by atoms with Gasteiger partial charge in [0.1, 0.15) is 11.8 Å². The summed E-state index contributed by atoms with van der Waals surface area (Å²) in [6.45, 7) is 3.55. The van der Waals surface area contributed by atoms with Crippen molar-refractivity contribution in [1.29, 1.82) is 0 Å². The third-order valence-corrected chi connectivity index (χ3v) is 3.63. The maximum absolute atomic E-state index is 11.8. The lowest BCUT2D eigenvalue weighted by Gasteiger charge is -2.19. The first-order valence-electron chi connectivity index (χ1n) is 6.50. The van der Waals surface area contributed by atoms with Crippen molar-refractivity contribution in [3.05, 3.63) is 58.1 Å². The summed E-state index contributed by atoms with van der Waals surface area (Å²) in [5.41, 5.74) is 8.20. The van der Waals surface area contributed by atoms with E-state index in [1.165, 1.54) is 0 Å². The number of primary amides is 1. The lowest BCUT2D eigenvalue weighted by atomic mass is 9.99. The molecule has 2 aromatic rings. The highest BCUT2D eigenvalue weighted by molar-refractivity contribution is 6.33. The zero-order valence-corrected chi connectivity index (χ0v) is 12.6. The fourth-order valence-corrected chi connectivity index (χ4v) is 2.40. The van der Waals surface area contributed by atoms with Crippen molar-refractivity contribution in [1.82, 2.24) is 0 Å². The molecule has 4 nitrogen and oxygen atoms in total. The highest BCUT2D eigenvalue weighted by Gasteiger charge is 2.20. The van der Waals surface area contributed by atoms with Gasteiger partial charge in [-0.05, 0) is 54.8 Å². The van der Waals surface area contributed by atoms with Crippen molar-refractivity contribution in [3.8, 4) is 5.75 Å². The Morgan fingerprint density at radius 3 is 2.33 bits per heavy atom. The number of anilines is 1. The molecule has 0 radical (unpaired) electrons. The number of phenolic OH excluding ortho intramolecular Hbond substituents is 1. The van der Waals surface area contributed by atoms with Crippen molar-refractivity contribution >= 4 is 23.2 Å². The summed E-state index contributed by atoms with van der Waals surface area (Å²) in [6, 6.07) is 9.89. The minimum Gasteiger partial charge on any atom is -0.507 e. The van der Waals surface area contributed by atoms with E-state index in [2.05, 4.69) is 5.32 Å². The first kappa shape index (κ1) is 15.2. The van der Waals surface area contributed by atoms with Crippen LogP contribution in [0.3, 0.4) is 0 Å². The first-order valence-corrected chi connectivity index (χ1v) is 6.88. The average Bonchev–Trinajstić information content (AvgIpc) is 2.43. The molecule has 0 saturated carbocycles. The van der Waals surface area contributed by atoms with Gasteiger partial charge < -0.3 is 16.2 Å². The third-order valence-electron chi connectivity index (χ3n) is 3.30. The lowest BCUT2D eigenvalue weighted by molar-refractivity contribution is -0.118. The highest BCUT2D eigenvalue weighted by Crippen LogP contribution is 2.30. The van der Waals surface area contributed by atoms with Gasteiger partial charge in [0, 0.05) is 0 Å². The number of rotatable bonds is 4. The molecule has 5 heteroatoms. The van der Waals surface area contributed by atoms with Crippen LogP contribution in [-0.2, 0) is 4.79 Å². The molecule has 0 aromatic heterocycles. The summed E-state index contributed by atoms with van der Waals surface area (Å²) in [5.74, 6) is -0.292. The monoisotopic (exact) mass is 304 g/mol. The van der Waals surface area contributed by atoms with Crippen molar-refractivity contribution in [2.75, 3.05) is 5.32 Å². The Bertz CT molecular complexity index is 663. The number of carbonyl (C=O) groups is 1. The van der Waals surface area contributed by atoms with Gasteiger partial charge in [0.15, 0.2) is 0 Å². The Kier molecular flexibility index (Phi) is 4.38. The van der Waals surface area contributed by atoms with Crippen LogP contribution in [0.25, 0.3) is 0 Å². The number of amides is 1. The molecule has 1 amide bonds. The Hall–Kier alpha value is -2.20. The van der Waals surface area contributed by atoms with Crippen LogP contribution >= 0.6 is 11.6 Å². The summed E-state index contributed by atoms with van der Waals surface area (Å²) in [7, 11) is 0. The number of aryl methyl sites for hydroxylation is 2. The molecular weight excluding hydrogens is 288 g/mol. The molecular formula is C16H17ClN2O2. The van der Waals surface area contributed by atoms with Gasteiger partial charge in [-0.15, -0.1) is 0 Å². The third kappa shape index (κ3) is 3.28. The quantitative estimate of drug-likeness (QED) is 0.811. The number of nitrogens with two attached hydrogens (primary N) is 1. The molecule has 0 saturated heterocycles. The van der Waals surface area contributed by atoms with E-state index in [0.29, 0.717) is 27.4 Å². The van der Waals surface area contributed by atoms with Crippen LogP contribution in [0.15, 0.2) is 36.4 Å². The van der Waals surface area contributed by atoms with Gasteiger partial charge in [0.2, 0.25) is 5.91 Å². The molecule has 0 aliphatic rings. The van der Waals surface area contributed by atoms with Gasteiger partial charge in [-0.2, -0.15) is 0 Å². The van der Waals surface area contributed by atoms with Gasteiger partial charge in [0.05, 0.1) is 10.7 Å². The van der Waals surface area contributed by atoms with Crippen LogP contribution in [0, 0.1) is 13.8 Å². The van der Waals surface area contributed by atoms with Crippen LogP contribution in [0.5, 0.6) is 5.75 Å². The topological polar surface area (TPSA) is 75.3 Å². The minimum atomic E-state index is -0.720. The Morgan fingerprint density at radius 2 is 1.81 bits per heavy atom. The smallest absolute Gasteiger partial charge is 0.244 e. The Morgan fingerprint density at radius 1 is 1.24 bits per heavy atom. The zero-order chi connectivity index (χ0) is 15.6. The number of hydrogen-bond acceptors (Lipinski definition) is 3. The number of hydrogen-bond donors (Lipinski definition) is 3. The molecule has 21 heavy (non-hydrogen) atoms. The molecule has 0 bridgehead atoms. The molecule has 0 spiro atoms. The summed E-state index contributed by atoms with van der Waals surface area (Å²) >= 11 is 6.09. The van der Waals surface area contributed by atoms with Crippen molar-refractivity contribution in [2.24, 2.45) is 5.73 Å². The predicted molar refractivity (Wildman–Crippen MR) is 84.6 cm³/mol. The number of nitrogens with one attached hydrogen (secondary N) is 1. The molecule has 0 aliphatic carbocycles. The van der Waals surface area contributed by atoms with Gasteiger partial charge in [-0.3, -0.25) is 4.79 Å². The second-order valence-electron chi connectivity index (χ2n) is 4.96. The van der Waals surface area contributed by atoms with Crippen molar-refractivity contribution < 1.29 is 9.90 Å². The van der Waals surface area contributed by atoms with E-state index in [1.54, 1.807) is 38.1 Å². The predicted octanol–water partition coefficient (Wildman–Crippen LogP) is 3.30. The average molecular weight is 305 g/mol. The molecule has 110 valence electrons. The van der Waals surface area contributed by atoms with E-state index in [1.807, 2.05) is 12.1 Å². The SMILES string of the molecule is Cc1cc(C(Nc2ccccc2Cl)C(N)=O)cc(C)c1O. The maximum Gasteiger partial charge on any atom is 0.244 e. The van der Waals surface area contributed by atoms with Gasteiger partial charge in [-0.25, -0.2) is 0 Å². The van der Waals surface area contributed by atoms with E-state index >= 15 is 0 Å². The van der Waals surface area contributed by atoms with Gasteiger partial charge in [-0.1, -0.05) is 23.7 Å². The van der Waals surface area contributed by atoms with E-state index < -0.39 is 11.9 Å². The standard InChI is InChI=1S/C16H17ClN2O2/c1-9-7-11(8-10(2)15(9)20)14(16(18)21)19-13-6-4-3-5-12(13)17/h3-8,14,19-20H,1-2H3,(H2,18,21). The Labute approximate surface area is 128 Å². The molecule has 2 aromatic carbocycles. The van der Waals surface area contributed by atoms with Gasteiger partial charge >= 0.3 is 0 Å². The molecule has 2 rings (SSSR count). The van der Waals surface area contributed by atoms with Gasteiger partial charge in [0.25, 0.3) is 0 Å². The maximum atomic E-state index is 11.8. The summed E-state index contributed by atoms with van der Waals surface area (Å²) < 4.78 is 0. The second-order valence-corrected chi connectivity index (χ2v) is 5.37. The van der Waals surface area contributed by atoms with Crippen molar-refractivity contribution in [2.45, 2.75) is 19.9 Å². The second kappa shape index (κ2) is 6.06. The van der Waals surface area contributed by atoms with E-state index in [4.69, 9.17) is 17.3 Å². The first-order chi connectivity index (χ1) is 9.90. The highest BCUT2D eigenvalue weighted by atomic mass is 35.5. The summed E-state index contributed by atoms with van der Waals surface area (Å²) in [5, 5.41) is 13.4. The van der Waals surface area contributed by atoms with Crippen LogP contribution in [0.2, 0.25) is 5.02 Å². The number of carbonyl (C=O) groups excluding carboxylic acids is 1. The van der Waals surface area contributed by atoms with Crippen LogP contribution in [0.1, 0.15) is 22.7 Å². The van der Waals surface area contributed by atoms with Crippen LogP contribution in [0.4, 0.5) is 5.69 Å². The zero-order valence-electron chi connectivity index (χ0n) is 11.9. The number of benzene rings is 2. The van der Waals surface area contributed by atoms with Crippen molar-refractivity contribution in [3.63, 3.8) is 0 Å². The molecule has 0 heterocycles. The molecule has 0 aliphatic heterocycles. The van der Waals surface area contributed by atoms with Crippen LogP contribution in [-0.4, -0.2) is 11.0 Å².